The van der Waals surface area contributed by atoms with E-state index in [-0.39, 0.29) is 23.0 Å². The first-order valence-corrected chi connectivity index (χ1v) is 10.4. The lowest BCUT2D eigenvalue weighted by Gasteiger charge is -2.16. The number of anilines is 1. The molecule has 2 rings (SSSR count). The van der Waals surface area contributed by atoms with Crippen molar-refractivity contribution in [3.05, 3.63) is 54.7 Å². The van der Waals surface area contributed by atoms with Gasteiger partial charge in [0.2, 0.25) is 10.0 Å². The maximum absolute atomic E-state index is 12.3. The van der Waals surface area contributed by atoms with Gasteiger partial charge in [-0.25, -0.2) is 22.6 Å². The summed E-state index contributed by atoms with van der Waals surface area (Å²) < 4.78 is 33.2. The topological polar surface area (TPSA) is 119 Å². The highest BCUT2D eigenvalue weighted by Crippen LogP contribution is 2.15. The van der Waals surface area contributed by atoms with Crippen molar-refractivity contribution in [2.24, 2.45) is 0 Å². The van der Waals surface area contributed by atoms with Gasteiger partial charge in [0, 0.05) is 18.7 Å². The number of nitrogens with zero attached hydrogens (tertiary/aromatic N) is 2. The molecule has 1 aromatic heterocycles. The van der Waals surface area contributed by atoms with E-state index in [1.165, 1.54) is 37.3 Å². The molecule has 0 aliphatic heterocycles. The standard InChI is InChI=1S/C19H24N4O5S/c1-5-11-21-29(26,27)16-8-6-15(7-9-16)19(25)28-14(4)18(24)22-17-10-12-20-23(17)13(2)3/h5-10,12-14,21H,1,11H2,2-4H3,(H,22,24)/t14-/m0/s1. The second-order valence-corrected chi connectivity index (χ2v) is 8.22. The lowest BCUT2D eigenvalue weighted by atomic mass is 10.2. The molecule has 1 atom stereocenters. The van der Waals surface area contributed by atoms with Crippen LogP contribution in [0.1, 0.15) is 37.2 Å². The number of carbonyl (C=O) groups is 2. The van der Waals surface area contributed by atoms with Gasteiger partial charge in [-0.05, 0) is 45.0 Å². The van der Waals surface area contributed by atoms with Crippen molar-refractivity contribution in [1.29, 1.82) is 0 Å². The number of carbonyl (C=O) groups excluding carboxylic acids is 2. The second kappa shape index (κ2) is 9.48. The molecule has 2 N–H and O–H groups in total. The van der Waals surface area contributed by atoms with Gasteiger partial charge in [0.1, 0.15) is 5.82 Å². The minimum absolute atomic E-state index is 0.00337. The molecule has 0 spiro atoms. The van der Waals surface area contributed by atoms with E-state index in [1.807, 2.05) is 13.8 Å². The van der Waals surface area contributed by atoms with Gasteiger partial charge in [-0.3, -0.25) is 4.79 Å². The SMILES string of the molecule is C=CCNS(=O)(=O)c1ccc(C(=O)O[C@@H](C)C(=O)Nc2ccnn2C(C)C)cc1. The van der Waals surface area contributed by atoms with Gasteiger partial charge in [-0.1, -0.05) is 6.08 Å². The Kier molecular flexibility index (Phi) is 7.29. The van der Waals surface area contributed by atoms with Crippen LogP contribution in [0.15, 0.2) is 54.1 Å². The molecule has 0 unspecified atom stereocenters. The fourth-order valence-corrected chi connectivity index (χ4v) is 3.36. The first kappa shape index (κ1) is 22.3. The van der Waals surface area contributed by atoms with Gasteiger partial charge in [-0.2, -0.15) is 5.10 Å². The molecule has 0 bridgehead atoms. The molecular weight excluding hydrogens is 396 g/mol. The number of aromatic nitrogens is 2. The van der Waals surface area contributed by atoms with Crippen LogP contribution >= 0.6 is 0 Å². The highest BCUT2D eigenvalue weighted by molar-refractivity contribution is 7.89. The van der Waals surface area contributed by atoms with Crippen molar-refractivity contribution < 1.29 is 22.7 Å². The number of hydrogen-bond acceptors (Lipinski definition) is 6. The zero-order chi connectivity index (χ0) is 21.6. The van der Waals surface area contributed by atoms with Crippen molar-refractivity contribution in [2.45, 2.75) is 37.8 Å². The Labute approximate surface area is 169 Å². The van der Waals surface area contributed by atoms with Gasteiger partial charge < -0.3 is 10.1 Å². The van der Waals surface area contributed by atoms with E-state index in [1.54, 1.807) is 16.9 Å². The number of amides is 1. The van der Waals surface area contributed by atoms with Crippen molar-refractivity contribution in [2.75, 3.05) is 11.9 Å². The molecule has 1 aromatic carbocycles. The van der Waals surface area contributed by atoms with E-state index in [9.17, 15) is 18.0 Å². The predicted molar refractivity (Wildman–Crippen MR) is 108 cm³/mol. The summed E-state index contributed by atoms with van der Waals surface area (Å²) in [5, 5.41) is 6.78. The van der Waals surface area contributed by atoms with Crippen molar-refractivity contribution in [3.63, 3.8) is 0 Å². The number of rotatable bonds is 9. The molecule has 29 heavy (non-hydrogen) atoms. The molecule has 0 aliphatic carbocycles. The van der Waals surface area contributed by atoms with Gasteiger partial charge in [0.25, 0.3) is 5.91 Å². The predicted octanol–water partition coefficient (Wildman–Crippen LogP) is 2.11. The van der Waals surface area contributed by atoms with Crippen LogP contribution in [0.5, 0.6) is 0 Å². The Morgan fingerprint density at radius 2 is 1.86 bits per heavy atom. The highest BCUT2D eigenvalue weighted by Gasteiger charge is 2.21. The smallest absolute Gasteiger partial charge is 0.338 e. The third-order valence-electron chi connectivity index (χ3n) is 3.88. The summed E-state index contributed by atoms with van der Waals surface area (Å²) in [6.07, 6.45) is 1.92. The molecule has 156 valence electrons. The molecule has 10 heteroatoms. The Morgan fingerprint density at radius 1 is 1.21 bits per heavy atom. The maximum atomic E-state index is 12.3. The zero-order valence-electron chi connectivity index (χ0n) is 16.5. The Morgan fingerprint density at radius 3 is 2.45 bits per heavy atom. The summed E-state index contributed by atoms with van der Waals surface area (Å²) in [4.78, 5) is 24.6. The van der Waals surface area contributed by atoms with Crippen molar-refractivity contribution in [1.82, 2.24) is 14.5 Å². The summed E-state index contributed by atoms with van der Waals surface area (Å²) in [6.45, 7) is 8.82. The zero-order valence-corrected chi connectivity index (χ0v) is 17.3. The van der Waals surface area contributed by atoms with Crippen LogP contribution < -0.4 is 10.0 Å². The Hall–Kier alpha value is -2.98. The van der Waals surface area contributed by atoms with Gasteiger partial charge in [0.05, 0.1) is 16.7 Å². The third kappa shape index (κ3) is 5.75. The normalized spacial score (nSPS) is 12.4. The Balaban J connectivity index is 2.01. The number of sulfonamides is 1. The lowest BCUT2D eigenvalue weighted by Crippen LogP contribution is -2.31. The van der Waals surface area contributed by atoms with E-state index in [4.69, 9.17) is 4.74 Å². The van der Waals surface area contributed by atoms with Crippen LogP contribution in [0, 0.1) is 0 Å². The fourth-order valence-electron chi connectivity index (χ4n) is 2.36. The number of esters is 1. The molecule has 1 heterocycles. The number of nitrogens with one attached hydrogen (secondary N) is 2. The summed E-state index contributed by atoms with van der Waals surface area (Å²) in [6, 6.07) is 6.91. The van der Waals surface area contributed by atoms with Crippen molar-refractivity contribution >= 4 is 27.7 Å². The minimum atomic E-state index is -3.69. The molecule has 0 fully saturated rings. The van der Waals surface area contributed by atoms with Crippen LogP contribution in [0.3, 0.4) is 0 Å². The monoisotopic (exact) mass is 420 g/mol. The summed E-state index contributed by atoms with van der Waals surface area (Å²) >= 11 is 0. The lowest BCUT2D eigenvalue weighted by molar-refractivity contribution is -0.123. The highest BCUT2D eigenvalue weighted by atomic mass is 32.2. The quantitative estimate of drug-likeness (QED) is 0.474. The summed E-state index contributed by atoms with van der Waals surface area (Å²) in [7, 11) is -3.69. The Bertz CT molecular complexity index is 980. The average Bonchev–Trinajstić information content (AvgIpc) is 3.14. The number of benzene rings is 1. The van der Waals surface area contributed by atoms with Crippen LogP contribution in [-0.2, 0) is 19.6 Å². The van der Waals surface area contributed by atoms with Crippen LogP contribution in [0.2, 0.25) is 0 Å². The molecule has 1 amide bonds. The summed E-state index contributed by atoms with van der Waals surface area (Å²) in [5.74, 6) is -0.754. The molecule has 0 saturated carbocycles. The average molecular weight is 420 g/mol. The van der Waals surface area contributed by atoms with E-state index in [0.29, 0.717) is 5.82 Å². The van der Waals surface area contributed by atoms with Crippen LogP contribution in [0.4, 0.5) is 5.82 Å². The van der Waals surface area contributed by atoms with Crippen molar-refractivity contribution in [3.8, 4) is 0 Å². The molecule has 2 aromatic rings. The van der Waals surface area contributed by atoms with Crippen LogP contribution in [-0.4, -0.2) is 42.7 Å². The molecular formula is C19H24N4O5S. The van der Waals surface area contributed by atoms with Gasteiger partial charge in [-0.15, -0.1) is 6.58 Å². The fraction of sp³-hybridized carbons (Fsp3) is 0.316. The maximum Gasteiger partial charge on any atom is 0.338 e. The van der Waals surface area contributed by atoms with E-state index in [2.05, 4.69) is 21.7 Å². The third-order valence-corrected chi connectivity index (χ3v) is 5.32. The minimum Gasteiger partial charge on any atom is -0.449 e. The number of ether oxygens (including phenoxy) is 1. The number of hydrogen-bond donors (Lipinski definition) is 2. The van der Waals surface area contributed by atoms with E-state index < -0.39 is 28.0 Å². The first-order valence-electron chi connectivity index (χ1n) is 8.91. The molecule has 0 aliphatic rings. The largest absolute Gasteiger partial charge is 0.449 e. The van der Waals surface area contributed by atoms with Crippen LogP contribution in [0.25, 0.3) is 0 Å². The van der Waals surface area contributed by atoms with Gasteiger partial charge >= 0.3 is 5.97 Å². The molecule has 0 radical (unpaired) electrons. The molecule has 0 saturated heterocycles. The van der Waals surface area contributed by atoms with Gasteiger partial charge in [0.15, 0.2) is 6.10 Å². The first-order chi connectivity index (χ1) is 13.7. The summed E-state index contributed by atoms with van der Waals surface area (Å²) in [5.41, 5.74) is 0.125. The second-order valence-electron chi connectivity index (χ2n) is 6.46. The van der Waals surface area contributed by atoms with E-state index in [0.717, 1.165) is 0 Å². The molecule has 9 nitrogen and oxygen atoms in total. The van der Waals surface area contributed by atoms with E-state index >= 15 is 0 Å².